The molecule has 0 spiro atoms. The van der Waals surface area contributed by atoms with Crippen LogP contribution >= 0.6 is 0 Å². The third kappa shape index (κ3) is 1.43. The molecular weight excluding hydrogens is 176 g/mol. The summed E-state index contributed by atoms with van der Waals surface area (Å²) in [7, 11) is 0. The van der Waals surface area contributed by atoms with Crippen LogP contribution in [0, 0.1) is 0 Å². The van der Waals surface area contributed by atoms with E-state index in [0.717, 1.165) is 11.3 Å². The van der Waals surface area contributed by atoms with E-state index in [4.69, 9.17) is 4.74 Å². The molecular formula is C12H12O2. The second kappa shape index (κ2) is 3.29. The van der Waals surface area contributed by atoms with Gasteiger partial charge in [-0.05, 0) is 31.6 Å². The molecule has 0 aliphatic carbocycles. The van der Waals surface area contributed by atoms with Gasteiger partial charge in [0.25, 0.3) is 0 Å². The first-order chi connectivity index (χ1) is 6.68. The summed E-state index contributed by atoms with van der Waals surface area (Å²) in [6, 6.07) is 7.36. The molecule has 1 aliphatic rings. The number of Topliss-reactive ketones (excluding diaryl/α,β-unsaturated/α-hetero) is 1. The number of carbonyl (C=O) groups excluding carboxylic acids is 1. The zero-order valence-electron chi connectivity index (χ0n) is 8.33. The van der Waals surface area contributed by atoms with Crippen molar-refractivity contribution in [3.63, 3.8) is 0 Å². The predicted octanol–water partition coefficient (Wildman–Crippen LogP) is 2.95. The Morgan fingerprint density at radius 2 is 2.00 bits per heavy atom. The molecule has 1 aromatic carbocycles. The Balaban J connectivity index is 2.49. The topological polar surface area (TPSA) is 26.3 Å². The van der Waals surface area contributed by atoms with E-state index >= 15 is 0 Å². The number of rotatable bonds is 0. The van der Waals surface area contributed by atoms with E-state index in [1.54, 1.807) is 6.07 Å². The molecule has 0 bridgehead atoms. The van der Waals surface area contributed by atoms with Crippen LogP contribution in [-0.2, 0) is 0 Å². The molecule has 1 aromatic rings. The SMILES string of the molecule is CC(C)=C1CC(=O)c2ccccc2O1. The predicted molar refractivity (Wildman–Crippen MR) is 54.4 cm³/mol. The van der Waals surface area contributed by atoms with Gasteiger partial charge >= 0.3 is 0 Å². The van der Waals surface area contributed by atoms with Crippen LogP contribution in [0.25, 0.3) is 0 Å². The molecule has 2 rings (SSSR count). The van der Waals surface area contributed by atoms with Gasteiger partial charge in [-0.3, -0.25) is 4.79 Å². The summed E-state index contributed by atoms with van der Waals surface area (Å²) >= 11 is 0. The molecule has 0 aromatic heterocycles. The van der Waals surface area contributed by atoms with E-state index < -0.39 is 0 Å². The van der Waals surface area contributed by atoms with E-state index in [-0.39, 0.29) is 5.78 Å². The summed E-state index contributed by atoms with van der Waals surface area (Å²) in [6.07, 6.45) is 0.388. The monoisotopic (exact) mass is 188 g/mol. The second-order valence-electron chi connectivity index (χ2n) is 3.62. The minimum Gasteiger partial charge on any atom is -0.461 e. The normalized spacial score (nSPS) is 14.7. The lowest BCUT2D eigenvalue weighted by Crippen LogP contribution is -2.14. The van der Waals surface area contributed by atoms with Crippen molar-refractivity contribution in [1.82, 2.24) is 0 Å². The van der Waals surface area contributed by atoms with Crippen LogP contribution in [0.3, 0.4) is 0 Å². The molecule has 2 heteroatoms. The van der Waals surface area contributed by atoms with E-state index in [1.807, 2.05) is 32.0 Å². The largest absolute Gasteiger partial charge is 0.461 e. The lowest BCUT2D eigenvalue weighted by atomic mass is 10.0. The van der Waals surface area contributed by atoms with E-state index in [9.17, 15) is 4.79 Å². The van der Waals surface area contributed by atoms with Crippen molar-refractivity contribution < 1.29 is 9.53 Å². The van der Waals surface area contributed by atoms with Gasteiger partial charge in [0.1, 0.15) is 11.5 Å². The maximum absolute atomic E-state index is 11.7. The molecule has 0 radical (unpaired) electrons. The third-order valence-electron chi connectivity index (χ3n) is 2.30. The number of hydrogen-bond acceptors (Lipinski definition) is 2. The highest BCUT2D eigenvalue weighted by Crippen LogP contribution is 2.29. The highest BCUT2D eigenvalue weighted by molar-refractivity contribution is 6.01. The Kier molecular flexibility index (Phi) is 2.12. The first-order valence-electron chi connectivity index (χ1n) is 4.65. The van der Waals surface area contributed by atoms with Crippen LogP contribution in [0.2, 0.25) is 0 Å². The van der Waals surface area contributed by atoms with Crippen LogP contribution in [0.4, 0.5) is 0 Å². The molecule has 0 atom stereocenters. The second-order valence-corrected chi connectivity index (χ2v) is 3.62. The van der Waals surface area contributed by atoms with Crippen LogP contribution in [0.15, 0.2) is 35.6 Å². The summed E-state index contributed by atoms with van der Waals surface area (Å²) < 4.78 is 5.62. The molecule has 0 N–H and O–H groups in total. The van der Waals surface area contributed by atoms with Gasteiger partial charge in [0.2, 0.25) is 0 Å². The minimum atomic E-state index is 0.142. The Labute approximate surface area is 83.2 Å². The highest BCUT2D eigenvalue weighted by atomic mass is 16.5. The van der Waals surface area contributed by atoms with Gasteiger partial charge in [-0.1, -0.05) is 12.1 Å². The summed E-state index contributed by atoms with van der Waals surface area (Å²) in [6.45, 7) is 3.91. The van der Waals surface area contributed by atoms with Crippen molar-refractivity contribution >= 4 is 5.78 Å². The molecule has 14 heavy (non-hydrogen) atoms. The number of benzene rings is 1. The molecule has 0 saturated heterocycles. The Hall–Kier alpha value is -1.57. The number of ketones is 1. The molecule has 72 valence electrons. The lowest BCUT2D eigenvalue weighted by Gasteiger charge is -2.19. The maximum Gasteiger partial charge on any atom is 0.174 e. The standard InChI is InChI=1S/C12H12O2/c1-8(2)12-7-10(13)9-5-3-4-6-11(9)14-12/h3-6H,7H2,1-2H3. The van der Waals surface area contributed by atoms with Gasteiger partial charge in [-0.15, -0.1) is 0 Å². The average Bonchev–Trinajstić information content (AvgIpc) is 2.17. The van der Waals surface area contributed by atoms with Crippen molar-refractivity contribution in [2.24, 2.45) is 0 Å². The minimum absolute atomic E-state index is 0.142. The van der Waals surface area contributed by atoms with Crippen LogP contribution in [-0.4, -0.2) is 5.78 Å². The first kappa shape index (κ1) is 9.00. The fourth-order valence-corrected chi connectivity index (χ4v) is 1.47. The summed E-state index contributed by atoms with van der Waals surface area (Å²) in [4.78, 5) is 11.7. The molecule has 0 saturated carbocycles. The number of hydrogen-bond donors (Lipinski definition) is 0. The molecule has 1 aliphatic heterocycles. The summed E-state index contributed by atoms with van der Waals surface area (Å²) in [5.41, 5.74) is 1.75. The van der Waals surface area contributed by atoms with Crippen molar-refractivity contribution in [3.05, 3.63) is 41.2 Å². The molecule has 1 heterocycles. The quantitative estimate of drug-likeness (QED) is 0.625. The van der Waals surface area contributed by atoms with Gasteiger partial charge in [0.05, 0.1) is 12.0 Å². The smallest absolute Gasteiger partial charge is 0.174 e. The fraction of sp³-hybridized carbons (Fsp3) is 0.250. The Morgan fingerprint density at radius 1 is 1.29 bits per heavy atom. The van der Waals surface area contributed by atoms with Gasteiger partial charge in [-0.25, -0.2) is 0 Å². The number of para-hydroxylation sites is 1. The van der Waals surface area contributed by atoms with E-state index in [1.165, 1.54) is 0 Å². The van der Waals surface area contributed by atoms with Crippen molar-refractivity contribution in [1.29, 1.82) is 0 Å². The highest BCUT2D eigenvalue weighted by Gasteiger charge is 2.21. The number of allylic oxidation sites excluding steroid dienone is 2. The van der Waals surface area contributed by atoms with E-state index in [2.05, 4.69) is 0 Å². The average molecular weight is 188 g/mol. The Morgan fingerprint density at radius 3 is 2.71 bits per heavy atom. The van der Waals surface area contributed by atoms with Crippen LogP contribution < -0.4 is 4.74 Å². The molecule has 0 fully saturated rings. The molecule has 0 unspecified atom stereocenters. The maximum atomic E-state index is 11.7. The zero-order chi connectivity index (χ0) is 10.1. The van der Waals surface area contributed by atoms with Gasteiger partial charge in [0.15, 0.2) is 5.78 Å². The van der Waals surface area contributed by atoms with Gasteiger partial charge < -0.3 is 4.74 Å². The fourth-order valence-electron chi connectivity index (χ4n) is 1.47. The molecule has 2 nitrogen and oxygen atoms in total. The number of fused-ring (bicyclic) bond motifs is 1. The molecule has 0 amide bonds. The summed E-state index contributed by atoms with van der Waals surface area (Å²) in [5.74, 6) is 1.61. The number of ether oxygens (including phenoxy) is 1. The number of carbonyl (C=O) groups is 1. The lowest BCUT2D eigenvalue weighted by molar-refractivity contribution is 0.0963. The van der Waals surface area contributed by atoms with Crippen molar-refractivity contribution in [2.75, 3.05) is 0 Å². The van der Waals surface area contributed by atoms with Gasteiger partial charge in [0, 0.05) is 0 Å². The summed E-state index contributed by atoms with van der Waals surface area (Å²) in [5, 5.41) is 0. The third-order valence-corrected chi connectivity index (χ3v) is 2.30. The Bertz CT molecular complexity index is 412. The van der Waals surface area contributed by atoms with Crippen LogP contribution in [0.5, 0.6) is 5.75 Å². The van der Waals surface area contributed by atoms with Crippen LogP contribution in [0.1, 0.15) is 30.6 Å². The first-order valence-corrected chi connectivity index (χ1v) is 4.65. The zero-order valence-corrected chi connectivity index (χ0v) is 8.33. The van der Waals surface area contributed by atoms with Crippen molar-refractivity contribution in [2.45, 2.75) is 20.3 Å². The van der Waals surface area contributed by atoms with Gasteiger partial charge in [-0.2, -0.15) is 0 Å². The van der Waals surface area contributed by atoms with E-state index in [0.29, 0.717) is 17.7 Å². The van der Waals surface area contributed by atoms with Crippen molar-refractivity contribution in [3.8, 4) is 5.75 Å².